The van der Waals surface area contributed by atoms with Gasteiger partial charge in [0.1, 0.15) is 0 Å². The predicted octanol–water partition coefficient (Wildman–Crippen LogP) is 0.0231. The minimum absolute atomic E-state index is 0.150. The Hall–Kier alpha value is -0.920. The van der Waals surface area contributed by atoms with Crippen molar-refractivity contribution in [3.8, 4) is 0 Å². The van der Waals surface area contributed by atoms with Crippen molar-refractivity contribution in [3.63, 3.8) is 0 Å². The molecule has 1 heterocycles. The summed E-state index contributed by atoms with van der Waals surface area (Å²) in [6.45, 7) is -0.150. The van der Waals surface area contributed by atoms with Crippen LogP contribution in [0.4, 0.5) is 0 Å². The highest BCUT2D eigenvalue weighted by Gasteiger charge is 2.05. The van der Waals surface area contributed by atoms with E-state index in [1.807, 2.05) is 0 Å². The van der Waals surface area contributed by atoms with Crippen LogP contribution in [-0.2, 0) is 10.1 Å². The Morgan fingerprint density at radius 3 is 2.79 bits per heavy atom. The summed E-state index contributed by atoms with van der Waals surface area (Å²) in [7, 11) is -4.25. The first-order valence-electron chi connectivity index (χ1n) is 3.74. The third kappa shape index (κ3) is 3.86. The van der Waals surface area contributed by atoms with Crippen LogP contribution in [0.2, 0.25) is 0 Å². The van der Waals surface area contributed by atoms with Crippen molar-refractivity contribution in [3.05, 3.63) is 22.4 Å². The van der Waals surface area contributed by atoms with Crippen molar-refractivity contribution in [2.75, 3.05) is 12.3 Å². The van der Waals surface area contributed by atoms with Crippen molar-refractivity contribution < 1.29 is 17.8 Å². The van der Waals surface area contributed by atoms with Gasteiger partial charge in [0.05, 0.1) is 20.7 Å². The van der Waals surface area contributed by atoms with Gasteiger partial charge in [-0.25, -0.2) is 8.42 Å². The molecule has 1 rings (SSSR count). The van der Waals surface area contributed by atoms with Crippen LogP contribution >= 0.6 is 11.3 Å². The molecule has 0 aliphatic heterocycles. The summed E-state index contributed by atoms with van der Waals surface area (Å²) in [6, 6.07) is 3.33. The number of amides is 1. The highest BCUT2D eigenvalue weighted by atomic mass is 32.2. The number of carbonyl (C=O) groups is 1. The van der Waals surface area contributed by atoms with E-state index in [1.54, 1.807) is 17.5 Å². The summed E-state index contributed by atoms with van der Waals surface area (Å²) in [5.41, 5.74) is 0. The number of carbonyl (C=O) groups excluding carboxylic acids is 1. The van der Waals surface area contributed by atoms with Gasteiger partial charge < -0.3 is 9.87 Å². The van der Waals surface area contributed by atoms with Crippen molar-refractivity contribution in [1.29, 1.82) is 0 Å². The average molecular weight is 234 g/mol. The first kappa shape index (κ1) is 11.2. The van der Waals surface area contributed by atoms with Crippen LogP contribution in [-0.4, -0.2) is 31.2 Å². The van der Waals surface area contributed by atoms with Gasteiger partial charge in [0, 0.05) is 6.54 Å². The fraction of sp³-hybridized carbons (Fsp3) is 0.286. The summed E-state index contributed by atoms with van der Waals surface area (Å²) in [5.74, 6) is -0.937. The van der Waals surface area contributed by atoms with E-state index in [2.05, 4.69) is 5.32 Å². The summed E-state index contributed by atoms with van der Waals surface area (Å²) in [6.07, 6.45) is 0. The van der Waals surface area contributed by atoms with Crippen molar-refractivity contribution in [2.45, 2.75) is 0 Å². The van der Waals surface area contributed by atoms with Crippen molar-refractivity contribution in [1.82, 2.24) is 5.32 Å². The molecule has 0 saturated carbocycles. The second kappa shape index (κ2) is 4.54. The molecule has 0 aliphatic carbocycles. The van der Waals surface area contributed by atoms with Crippen LogP contribution in [0, 0.1) is 0 Å². The molecule has 0 spiro atoms. The standard InChI is InChI=1S/C7H9NO4S2/c9-7(6-2-1-4-13-6)8-3-5-14(10,11)12/h1-2,4H,3,5H2,(H,8,9)(H,10,11,12)/p-1. The molecule has 0 bridgehead atoms. The van der Waals surface area contributed by atoms with Crippen LogP contribution in [0.25, 0.3) is 0 Å². The zero-order chi connectivity index (χ0) is 10.6. The average Bonchev–Trinajstić information content (AvgIpc) is 2.53. The molecule has 0 aliphatic rings. The van der Waals surface area contributed by atoms with Crippen LogP contribution in [0.15, 0.2) is 17.5 Å². The number of thiophene rings is 1. The highest BCUT2D eigenvalue weighted by molar-refractivity contribution is 7.85. The first-order valence-corrected chi connectivity index (χ1v) is 6.20. The molecule has 0 radical (unpaired) electrons. The lowest BCUT2D eigenvalue weighted by Gasteiger charge is -2.06. The topological polar surface area (TPSA) is 86.3 Å². The third-order valence-electron chi connectivity index (χ3n) is 1.38. The predicted molar refractivity (Wildman–Crippen MR) is 51.2 cm³/mol. The Morgan fingerprint density at radius 2 is 2.29 bits per heavy atom. The molecule has 0 unspecified atom stereocenters. The minimum atomic E-state index is -4.25. The lowest BCUT2D eigenvalue weighted by Crippen LogP contribution is -2.28. The lowest BCUT2D eigenvalue weighted by atomic mass is 10.4. The van der Waals surface area contributed by atoms with Gasteiger partial charge in [-0.1, -0.05) is 6.07 Å². The molecule has 78 valence electrons. The summed E-state index contributed by atoms with van der Waals surface area (Å²) in [4.78, 5) is 11.7. The van der Waals surface area contributed by atoms with Gasteiger partial charge in [0.25, 0.3) is 5.91 Å². The molecule has 1 amide bonds. The van der Waals surface area contributed by atoms with Gasteiger partial charge in [-0.15, -0.1) is 11.3 Å². The highest BCUT2D eigenvalue weighted by Crippen LogP contribution is 2.07. The number of nitrogens with one attached hydrogen (secondary N) is 1. The van der Waals surface area contributed by atoms with Crippen LogP contribution in [0.1, 0.15) is 9.67 Å². The van der Waals surface area contributed by atoms with Crippen molar-refractivity contribution in [2.24, 2.45) is 0 Å². The van der Waals surface area contributed by atoms with Crippen LogP contribution in [0.5, 0.6) is 0 Å². The molecule has 0 saturated heterocycles. The zero-order valence-electron chi connectivity index (χ0n) is 7.10. The molecule has 0 aromatic carbocycles. The van der Waals surface area contributed by atoms with E-state index in [1.165, 1.54) is 11.3 Å². The van der Waals surface area contributed by atoms with Gasteiger partial charge in [0.15, 0.2) is 0 Å². The van der Waals surface area contributed by atoms with E-state index in [4.69, 9.17) is 0 Å². The molecule has 0 fully saturated rings. The Kier molecular flexibility index (Phi) is 3.62. The van der Waals surface area contributed by atoms with Crippen LogP contribution in [0.3, 0.4) is 0 Å². The van der Waals surface area contributed by atoms with E-state index < -0.39 is 15.9 Å². The molecule has 5 nitrogen and oxygen atoms in total. The molecular formula is C7H8NO4S2-. The molecule has 1 aromatic rings. The van der Waals surface area contributed by atoms with E-state index in [9.17, 15) is 17.8 Å². The Morgan fingerprint density at radius 1 is 1.57 bits per heavy atom. The van der Waals surface area contributed by atoms with E-state index >= 15 is 0 Å². The fourth-order valence-electron chi connectivity index (χ4n) is 0.784. The number of hydrogen-bond acceptors (Lipinski definition) is 5. The van der Waals surface area contributed by atoms with E-state index in [0.29, 0.717) is 4.88 Å². The molecule has 1 aromatic heterocycles. The Labute approximate surface area is 85.5 Å². The molecule has 1 N–H and O–H groups in total. The Balaban J connectivity index is 2.37. The smallest absolute Gasteiger partial charge is 0.261 e. The quantitative estimate of drug-likeness (QED) is 0.744. The first-order chi connectivity index (χ1) is 6.49. The fourth-order valence-corrected chi connectivity index (χ4v) is 1.78. The second-order valence-electron chi connectivity index (χ2n) is 2.50. The molecule has 0 atom stereocenters. The van der Waals surface area contributed by atoms with Crippen LogP contribution < -0.4 is 5.32 Å². The maximum absolute atomic E-state index is 11.2. The lowest BCUT2D eigenvalue weighted by molar-refractivity contribution is 0.0960. The van der Waals surface area contributed by atoms with E-state index in [0.717, 1.165) is 0 Å². The monoisotopic (exact) mass is 234 g/mol. The largest absolute Gasteiger partial charge is 0.748 e. The third-order valence-corrected chi connectivity index (χ3v) is 2.96. The van der Waals surface area contributed by atoms with Gasteiger partial charge >= 0.3 is 0 Å². The Bertz CT molecular complexity index is 395. The maximum Gasteiger partial charge on any atom is 0.261 e. The molecule has 14 heavy (non-hydrogen) atoms. The second-order valence-corrected chi connectivity index (χ2v) is 4.97. The number of hydrogen-bond donors (Lipinski definition) is 1. The van der Waals surface area contributed by atoms with Gasteiger partial charge in [-0.05, 0) is 11.4 Å². The normalized spacial score (nSPS) is 11.2. The number of rotatable bonds is 4. The summed E-state index contributed by atoms with van der Waals surface area (Å²) < 4.78 is 30.6. The molecular weight excluding hydrogens is 226 g/mol. The zero-order valence-corrected chi connectivity index (χ0v) is 8.73. The SMILES string of the molecule is O=C(NCCS(=O)(=O)[O-])c1cccs1. The summed E-state index contributed by atoms with van der Waals surface area (Å²) >= 11 is 1.25. The van der Waals surface area contributed by atoms with Crippen molar-refractivity contribution >= 4 is 27.4 Å². The maximum atomic E-state index is 11.2. The van der Waals surface area contributed by atoms with Gasteiger partial charge in [-0.3, -0.25) is 4.79 Å². The molecule has 7 heteroatoms. The van der Waals surface area contributed by atoms with Gasteiger partial charge in [-0.2, -0.15) is 0 Å². The minimum Gasteiger partial charge on any atom is -0.748 e. The van der Waals surface area contributed by atoms with Gasteiger partial charge in [0.2, 0.25) is 0 Å². The van der Waals surface area contributed by atoms with E-state index in [-0.39, 0.29) is 12.5 Å². The summed E-state index contributed by atoms with van der Waals surface area (Å²) in [5, 5.41) is 4.07.